The second kappa shape index (κ2) is 12.3. The van der Waals surface area contributed by atoms with Crippen LogP contribution in [0.2, 0.25) is 0 Å². The highest BCUT2D eigenvalue weighted by molar-refractivity contribution is 7.51. The molecule has 0 bridgehead atoms. The maximum absolute atomic E-state index is 11.4. The van der Waals surface area contributed by atoms with Crippen molar-refractivity contribution in [3.05, 3.63) is 55.8 Å². The molecule has 3 heterocycles. The van der Waals surface area contributed by atoms with E-state index in [2.05, 4.69) is 4.98 Å². The Kier molecular flexibility index (Phi) is 10.0. The topological polar surface area (TPSA) is 273 Å². The third kappa shape index (κ3) is 8.17. The van der Waals surface area contributed by atoms with Gasteiger partial charge in [-0.3, -0.25) is 23.5 Å². The summed E-state index contributed by atoms with van der Waals surface area (Å²) in [6, 6.07) is 2.48. The van der Waals surface area contributed by atoms with E-state index in [-0.39, 0.29) is 12.4 Å². The molecular formula is C17H26N5O12P. The van der Waals surface area contributed by atoms with Gasteiger partial charge in [-0.2, -0.15) is 4.98 Å². The van der Waals surface area contributed by atoms with E-state index in [1.807, 2.05) is 4.98 Å². The van der Waals surface area contributed by atoms with Crippen molar-refractivity contribution in [2.24, 2.45) is 0 Å². The molecule has 1 saturated heterocycles. The number of rotatable bonds is 8. The van der Waals surface area contributed by atoms with Gasteiger partial charge in [-0.05, 0) is 6.07 Å². The van der Waals surface area contributed by atoms with Crippen molar-refractivity contribution in [2.45, 2.75) is 37.2 Å². The first-order chi connectivity index (χ1) is 16.4. The normalized spacial score (nSPS) is 22.9. The van der Waals surface area contributed by atoms with Gasteiger partial charge in [0.25, 0.3) is 5.56 Å². The predicted octanol–water partition coefficient (Wildman–Crippen LogP) is -4.51. The Morgan fingerprint density at radius 1 is 1.17 bits per heavy atom. The lowest BCUT2D eigenvalue weighted by Crippen LogP contribution is -2.37. The van der Waals surface area contributed by atoms with E-state index in [1.54, 1.807) is 0 Å². The molecule has 0 amide bonds. The summed E-state index contributed by atoms with van der Waals surface area (Å²) in [5.41, 5.74) is 3.34. The quantitative estimate of drug-likeness (QED) is 0.151. The number of H-pyrrole nitrogens is 1. The number of nitrogens with one attached hydrogen (secondary N) is 1. The summed E-state index contributed by atoms with van der Waals surface area (Å²) in [6.07, 6.45) is -3.97. The van der Waals surface area contributed by atoms with Crippen molar-refractivity contribution in [2.75, 3.05) is 25.3 Å². The molecule has 1 aliphatic heterocycles. The van der Waals surface area contributed by atoms with Gasteiger partial charge in [-0.1, -0.05) is 0 Å². The third-order valence-electron chi connectivity index (χ3n) is 4.62. The molecule has 3 rings (SSSR count). The van der Waals surface area contributed by atoms with Crippen molar-refractivity contribution in [3.63, 3.8) is 0 Å². The molecule has 1 aliphatic rings. The number of aliphatic hydroxyl groups is 4. The fourth-order valence-electron chi connectivity index (χ4n) is 2.90. The Morgan fingerprint density at radius 3 is 2.37 bits per heavy atom. The maximum Gasteiger partial charge on any atom is 0.350 e. The van der Waals surface area contributed by atoms with Crippen molar-refractivity contribution in [1.82, 2.24) is 19.1 Å². The number of nitrogens with zero attached hydrogens (tertiary/aromatic N) is 3. The third-order valence-corrected chi connectivity index (χ3v) is 5.11. The number of anilines is 1. The van der Waals surface area contributed by atoms with Crippen LogP contribution in [0.1, 0.15) is 6.23 Å². The van der Waals surface area contributed by atoms with Gasteiger partial charge in [-0.25, -0.2) is 9.59 Å². The summed E-state index contributed by atoms with van der Waals surface area (Å²) < 4.78 is 22.6. The standard InChI is InChI=1S/C9H12N2O6.C8H14N3O6P/c12-3-4-6(14)7(15)8(17-4)11-2-1-5(13)10-9(11)16;9-7-1-2-11(8(13)10-7)3-6(4-12)17-5-18(14,15)16/h1-2,4,6-8,12,14-15H,3H2,(H,10,13,16);1-2,6,12H,3-5H2,(H2,9,10,13)(H2,14,15,16)/t4-,6-,7-,8-;6-/m10/s1. The van der Waals surface area contributed by atoms with Crippen LogP contribution < -0.4 is 22.7 Å². The maximum atomic E-state index is 11.4. The van der Waals surface area contributed by atoms with Crippen LogP contribution in [0.4, 0.5) is 5.82 Å². The number of hydrogen-bond acceptors (Lipinski definition) is 12. The molecule has 2 aromatic rings. The number of aromatic nitrogens is 4. The van der Waals surface area contributed by atoms with E-state index in [9.17, 15) is 29.2 Å². The Balaban J connectivity index is 0.000000247. The molecule has 0 spiro atoms. The summed E-state index contributed by atoms with van der Waals surface area (Å²) in [5, 5.41) is 37.1. The molecule has 0 unspecified atom stereocenters. The fraction of sp³-hybridized carbons (Fsp3) is 0.529. The molecule has 0 radical (unpaired) electrons. The summed E-state index contributed by atoms with van der Waals surface area (Å²) in [6.45, 7) is -1.05. The van der Waals surface area contributed by atoms with Gasteiger partial charge >= 0.3 is 19.0 Å². The molecule has 35 heavy (non-hydrogen) atoms. The molecule has 0 aromatic carbocycles. The van der Waals surface area contributed by atoms with Crippen LogP contribution in [0.5, 0.6) is 0 Å². The second-order valence-electron chi connectivity index (χ2n) is 7.30. The van der Waals surface area contributed by atoms with Crippen LogP contribution in [-0.2, 0) is 20.6 Å². The first-order valence-electron chi connectivity index (χ1n) is 9.90. The number of ether oxygens (including phenoxy) is 2. The Hall–Kier alpha value is -2.73. The molecule has 196 valence electrons. The van der Waals surface area contributed by atoms with E-state index >= 15 is 0 Å². The van der Waals surface area contributed by atoms with Crippen molar-refractivity contribution in [1.29, 1.82) is 0 Å². The van der Waals surface area contributed by atoms with Crippen LogP contribution in [-0.4, -0.2) is 93.3 Å². The molecule has 17 nitrogen and oxygen atoms in total. The minimum absolute atomic E-state index is 0.0629. The lowest BCUT2D eigenvalue weighted by molar-refractivity contribution is -0.0550. The van der Waals surface area contributed by atoms with Crippen molar-refractivity contribution >= 4 is 13.4 Å². The van der Waals surface area contributed by atoms with Gasteiger partial charge < -0.3 is 45.4 Å². The smallest absolute Gasteiger partial charge is 0.350 e. The minimum Gasteiger partial charge on any atom is -0.394 e. The van der Waals surface area contributed by atoms with Crippen LogP contribution in [0.3, 0.4) is 0 Å². The predicted molar refractivity (Wildman–Crippen MR) is 116 cm³/mol. The SMILES string of the molecule is Nc1ccn(C[C@@H](CO)OCP(=O)(O)O)c(=O)n1.O=c1ccn([C@@H]2O[C@H](CO)[C@@H](O)[C@H]2O)c(=O)[nH]1. The fourth-order valence-corrected chi connectivity index (χ4v) is 3.31. The zero-order chi connectivity index (χ0) is 26.3. The highest BCUT2D eigenvalue weighted by Gasteiger charge is 2.43. The first-order valence-corrected chi connectivity index (χ1v) is 11.7. The molecule has 5 atom stereocenters. The van der Waals surface area contributed by atoms with Gasteiger partial charge in [0.1, 0.15) is 30.5 Å². The van der Waals surface area contributed by atoms with Crippen LogP contribution in [0, 0.1) is 0 Å². The van der Waals surface area contributed by atoms with Crippen LogP contribution >= 0.6 is 7.60 Å². The van der Waals surface area contributed by atoms with E-state index in [0.29, 0.717) is 0 Å². The number of aromatic amines is 1. The molecule has 1 fully saturated rings. The average molecular weight is 523 g/mol. The molecule has 9 N–H and O–H groups in total. The van der Waals surface area contributed by atoms with Crippen LogP contribution in [0.25, 0.3) is 0 Å². The largest absolute Gasteiger partial charge is 0.394 e. The van der Waals surface area contributed by atoms with E-state index < -0.39 is 74.7 Å². The molecule has 0 aliphatic carbocycles. The van der Waals surface area contributed by atoms with E-state index in [1.165, 1.54) is 12.3 Å². The first kappa shape index (κ1) is 28.5. The highest BCUT2D eigenvalue weighted by atomic mass is 31.2. The Morgan fingerprint density at radius 2 is 1.86 bits per heavy atom. The lowest BCUT2D eigenvalue weighted by Gasteiger charge is -2.16. The van der Waals surface area contributed by atoms with E-state index in [0.717, 1.165) is 21.4 Å². The second-order valence-corrected chi connectivity index (χ2v) is 8.89. The number of nitrogens with two attached hydrogens (primary N) is 1. The molecule has 0 saturated carbocycles. The van der Waals surface area contributed by atoms with Crippen molar-refractivity contribution in [3.8, 4) is 0 Å². The minimum atomic E-state index is -4.31. The summed E-state index contributed by atoms with van der Waals surface area (Å²) in [7, 11) is -4.31. The number of hydrogen-bond donors (Lipinski definition) is 8. The van der Waals surface area contributed by atoms with Gasteiger partial charge in [-0.15, -0.1) is 0 Å². The lowest BCUT2D eigenvalue weighted by atomic mass is 10.1. The number of aliphatic hydroxyl groups excluding tert-OH is 4. The zero-order valence-corrected chi connectivity index (χ0v) is 18.9. The number of nitrogen functional groups attached to an aromatic ring is 1. The Labute approximate surface area is 195 Å². The van der Waals surface area contributed by atoms with Gasteiger partial charge in [0.05, 0.1) is 25.9 Å². The van der Waals surface area contributed by atoms with Gasteiger partial charge in [0.15, 0.2) is 6.23 Å². The van der Waals surface area contributed by atoms with Gasteiger partial charge in [0.2, 0.25) is 0 Å². The Bertz CT molecular complexity index is 1190. The zero-order valence-electron chi connectivity index (χ0n) is 18.0. The summed E-state index contributed by atoms with van der Waals surface area (Å²) in [4.78, 5) is 56.4. The van der Waals surface area contributed by atoms with Crippen molar-refractivity contribution < 1.29 is 44.3 Å². The highest BCUT2D eigenvalue weighted by Crippen LogP contribution is 2.34. The van der Waals surface area contributed by atoms with Crippen LogP contribution in [0.15, 0.2) is 38.9 Å². The summed E-state index contributed by atoms with van der Waals surface area (Å²) in [5.74, 6) is 0.0629. The average Bonchev–Trinajstić information content (AvgIpc) is 3.06. The molecule has 2 aromatic heterocycles. The van der Waals surface area contributed by atoms with E-state index in [4.69, 9.17) is 35.2 Å². The summed E-state index contributed by atoms with van der Waals surface area (Å²) >= 11 is 0. The monoisotopic (exact) mass is 523 g/mol. The molecule has 18 heteroatoms. The van der Waals surface area contributed by atoms with Gasteiger partial charge in [0, 0.05) is 18.5 Å². The molecular weight excluding hydrogens is 497 g/mol.